The average Bonchev–Trinajstić information content (AvgIpc) is 3.44. The molecule has 3 aliphatic carbocycles. The molecule has 252 valence electrons. The maximum absolute atomic E-state index is 14.5. The summed E-state index contributed by atoms with van der Waals surface area (Å²) in [6.45, 7) is 19.7. The zero-order valence-electron chi connectivity index (χ0n) is 29.7. The van der Waals surface area contributed by atoms with Crippen molar-refractivity contribution in [2.24, 2.45) is 39.9 Å². The number of rotatable bonds is 9. The second-order valence-corrected chi connectivity index (χ2v) is 21.1. The molecule has 5 rings (SSSR count). The number of Topliss-reactive ketones (excluding diaryl/α,β-unsaturated/α-hetero) is 1. The largest absolute Gasteiger partial charge is 0.462 e. The monoisotopic (exact) mass is 648 g/mol. The number of carbonyl (C=O) groups is 2. The topological polar surface area (TPSA) is 71.1 Å². The molecule has 7 atom stereocenters. The quantitative estimate of drug-likeness (QED) is 0.170. The molecule has 0 saturated heterocycles. The van der Waals surface area contributed by atoms with Crippen LogP contribution in [0.15, 0.2) is 60.7 Å². The highest BCUT2D eigenvalue weighted by molar-refractivity contribution is 6.99. The van der Waals surface area contributed by atoms with Gasteiger partial charge < -0.3 is 18.6 Å². The summed E-state index contributed by atoms with van der Waals surface area (Å²) in [4.78, 5) is 27.9. The third-order valence-corrected chi connectivity index (χ3v) is 16.8. The molecule has 6 nitrogen and oxygen atoms in total. The maximum atomic E-state index is 14.5. The molecule has 7 heteroatoms. The molecule has 0 aliphatic heterocycles. The lowest BCUT2D eigenvalue weighted by atomic mass is 9.52. The van der Waals surface area contributed by atoms with E-state index in [-0.39, 0.29) is 64.9 Å². The van der Waals surface area contributed by atoms with Gasteiger partial charge in [-0.1, -0.05) is 102 Å². The van der Waals surface area contributed by atoms with Crippen LogP contribution >= 0.6 is 0 Å². The Labute approximate surface area is 278 Å². The Kier molecular flexibility index (Phi) is 9.59. The van der Waals surface area contributed by atoms with E-state index in [2.05, 4.69) is 102 Å². The van der Waals surface area contributed by atoms with Gasteiger partial charge in [0, 0.05) is 19.1 Å². The Balaban J connectivity index is 1.65. The second kappa shape index (κ2) is 12.6. The van der Waals surface area contributed by atoms with Crippen molar-refractivity contribution in [2.45, 2.75) is 98.8 Å². The van der Waals surface area contributed by atoms with E-state index in [0.717, 1.165) is 12.8 Å². The highest BCUT2D eigenvalue weighted by Gasteiger charge is 2.73. The molecule has 3 aliphatic rings. The van der Waals surface area contributed by atoms with E-state index in [1.807, 2.05) is 20.8 Å². The van der Waals surface area contributed by atoms with Gasteiger partial charge in [-0.15, -0.1) is 0 Å². The molecule has 1 spiro atoms. The van der Waals surface area contributed by atoms with Crippen LogP contribution in [0.2, 0.25) is 5.04 Å². The molecule has 0 N–H and O–H groups in total. The summed E-state index contributed by atoms with van der Waals surface area (Å²) in [5, 5.41) is 2.27. The van der Waals surface area contributed by atoms with Crippen LogP contribution in [0, 0.1) is 39.9 Å². The van der Waals surface area contributed by atoms with Gasteiger partial charge >= 0.3 is 5.97 Å². The van der Waals surface area contributed by atoms with E-state index >= 15 is 0 Å². The van der Waals surface area contributed by atoms with Crippen molar-refractivity contribution in [2.75, 3.05) is 20.5 Å². The van der Waals surface area contributed by atoms with Crippen molar-refractivity contribution in [1.29, 1.82) is 0 Å². The van der Waals surface area contributed by atoms with Crippen molar-refractivity contribution in [3.8, 4) is 0 Å². The number of ether oxygens (including phenoxy) is 3. The lowest BCUT2D eigenvalue weighted by molar-refractivity contribution is -0.179. The van der Waals surface area contributed by atoms with Crippen LogP contribution in [0.5, 0.6) is 0 Å². The Morgan fingerprint density at radius 1 is 0.913 bits per heavy atom. The molecule has 3 fully saturated rings. The molecular weight excluding hydrogens is 593 g/mol. The number of esters is 1. The Bertz CT molecular complexity index is 1340. The fourth-order valence-electron chi connectivity index (χ4n) is 9.58. The van der Waals surface area contributed by atoms with Crippen molar-refractivity contribution >= 4 is 30.4 Å². The number of hydrogen-bond donors (Lipinski definition) is 0. The van der Waals surface area contributed by atoms with Crippen LogP contribution in [-0.2, 0) is 28.2 Å². The molecule has 46 heavy (non-hydrogen) atoms. The van der Waals surface area contributed by atoms with Gasteiger partial charge in [0.2, 0.25) is 0 Å². The standard InChI is InChI=1S/C39H56O6Si/c1-26-29(24-44-46(37(5,6)7,27-17-13-11-14-18-27)28-19-15-12-16-20-28)39-22-21-30(43-25-42-10)33(39)34(40)38(8,9)32(39)23-31(26)45-35(41)36(2,3)4/h11-20,26,29-33H,21-25H2,1-10H3/t26-,29-,30+,31-,32-,33-,39-/m0/s1. The minimum absolute atomic E-state index is 0.00820. The van der Waals surface area contributed by atoms with Gasteiger partial charge in [0.1, 0.15) is 18.7 Å². The highest BCUT2D eigenvalue weighted by atomic mass is 28.4. The van der Waals surface area contributed by atoms with Gasteiger partial charge in [-0.2, -0.15) is 0 Å². The predicted molar refractivity (Wildman–Crippen MR) is 184 cm³/mol. The van der Waals surface area contributed by atoms with E-state index in [1.165, 1.54) is 10.4 Å². The Morgan fingerprint density at radius 3 is 1.98 bits per heavy atom. The molecule has 0 amide bonds. The zero-order chi connectivity index (χ0) is 33.7. The fourth-order valence-corrected chi connectivity index (χ4v) is 14.2. The first-order valence-corrected chi connectivity index (χ1v) is 19.0. The van der Waals surface area contributed by atoms with Gasteiger partial charge in [-0.25, -0.2) is 0 Å². The van der Waals surface area contributed by atoms with Gasteiger partial charge in [-0.3, -0.25) is 9.59 Å². The van der Waals surface area contributed by atoms with E-state index < -0.39 is 19.1 Å². The highest BCUT2D eigenvalue weighted by Crippen LogP contribution is 2.71. The number of benzene rings is 2. The molecule has 3 saturated carbocycles. The summed E-state index contributed by atoms with van der Waals surface area (Å²) in [5.41, 5.74) is -1.53. The normalized spacial score (nSPS) is 31.0. The third kappa shape index (κ3) is 5.63. The van der Waals surface area contributed by atoms with Crippen LogP contribution in [0.3, 0.4) is 0 Å². The summed E-state index contributed by atoms with van der Waals surface area (Å²) in [6, 6.07) is 21.4. The van der Waals surface area contributed by atoms with Crippen LogP contribution in [0.1, 0.15) is 81.6 Å². The number of carbonyl (C=O) groups excluding carboxylic acids is 2. The molecule has 2 aromatic carbocycles. The van der Waals surface area contributed by atoms with E-state index in [1.54, 1.807) is 7.11 Å². The number of methoxy groups -OCH3 is 1. The Morgan fingerprint density at radius 2 is 1.48 bits per heavy atom. The third-order valence-electron chi connectivity index (χ3n) is 11.8. The van der Waals surface area contributed by atoms with E-state index in [9.17, 15) is 9.59 Å². The fraction of sp³-hybridized carbons (Fsp3) is 0.641. The van der Waals surface area contributed by atoms with Gasteiger partial charge in [0.15, 0.2) is 0 Å². The van der Waals surface area contributed by atoms with E-state index in [4.69, 9.17) is 18.6 Å². The predicted octanol–water partition coefficient (Wildman–Crippen LogP) is 6.79. The lowest BCUT2D eigenvalue weighted by Crippen LogP contribution is -2.67. The summed E-state index contributed by atoms with van der Waals surface area (Å²) < 4.78 is 25.6. The number of ketones is 1. The molecule has 0 bridgehead atoms. The van der Waals surface area contributed by atoms with Crippen LogP contribution in [0.25, 0.3) is 0 Å². The van der Waals surface area contributed by atoms with Crippen LogP contribution in [-0.4, -0.2) is 52.8 Å². The van der Waals surface area contributed by atoms with E-state index in [0.29, 0.717) is 13.0 Å². The van der Waals surface area contributed by atoms with Gasteiger partial charge in [0.25, 0.3) is 8.32 Å². The molecule has 0 aromatic heterocycles. The van der Waals surface area contributed by atoms with Crippen LogP contribution in [0.4, 0.5) is 0 Å². The van der Waals surface area contributed by atoms with Crippen molar-refractivity contribution < 1.29 is 28.2 Å². The first kappa shape index (κ1) is 35.0. The van der Waals surface area contributed by atoms with Gasteiger partial charge in [0.05, 0.1) is 17.4 Å². The molecule has 0 radical (unpaired) electrons. The average molecular weight is 649 g/mol. The Hall–Kier alpha value is -2.32. The summed E-state index contributed by atoms with van der Waals surface area (Å²) in [7, 11) is -1.24. The SMILES string of the molecule is COCO[C@@H]1CC[C@@]23[C@@H]1C(=O)C(C)(C)[C@@H]2C[C@H](OC(=O)C(C)(C)C)[C@@H](C)[C@@H]3CO[Si](c1ccccc1)(c1ccccc1)C(C)(C)C. The molecule has 0 heterocycles. The summed E-state index contributed by atoms with van der Waals surface area (Å²) in [6.07, 6.45) is 1.85. The van der Waals surface area contributed by atoms with Crippen LogP contribution < -0.4 is 10.4 Å². The van der Waals surface area contributed by atoms with Crippen molar-refractivity contribution in [3.05, 3.63) is 60.7 Å². The van der Waals surface area contributed by atoms with Crippen molar-refractivity contribution in [3.63, 3.8) is 0 Å². The molecule has 0 unspecified atom stereocenters. The maximum Gasteiger partial charge on any atom is 0.311 e. The summed E-state index contributed by atoms with van der Waals surface area (Å²) >= 11 is 0. The molecule has 2 aromatic rings. The zero-order valence-corrected chi connectivity index (χ0v) is 30.7. The smallest absolute Gasteiger partial charge is 0.311 e. The minimum atomic E-state index is -2.87. The summed E-state index contributed by atoms with van der Waals surface area (Å²) in [5.74, 6) is -0.170. The lowest BCUT2D eigenvalue weighted by Gasteiger charge is -2.55. The first-order valence-electron chi connectivity index (χ1n) is 17.1. The van der Waals surface area contributed by atoms with Crippen molar-refractivity contribution in [1.82, 2.24) is 0 Å². The van der Waals surface area contributed by atoms with Gasteiger partial charge in [-0.05, 0) is 78.6 Å². The number of hydrogen-bond acceptors (Lipinski definition) is 6. The minimum Gasteiger partial charge on any atom is -0.462 e. The first-order chi connectivity index (χ1) is 21.5. The molecular formula is C39H56O6Si. The second-order valence-electron chi connectivity index (χ2n) is 16.7.